The third kappa shape index (κ3) is 4.64. The first-order chi connectivity index (χ1) is 7.06. The number of carboxylic acids is 1. The average molecular weight is 218 g/mol. The highest BCUT2D eigenvalue weighted by Crippen LogP contribution is 1.98. The number of carbonyl (C=O) groups is 2. The number of aliphatic hydroxyl groups excluding tert-OH is 1. The number of likely N-dealkylation sites (N-methyl/N-ethyl adjacent to an activating group) is 2. The van der Waals surface area contributed by atoms with E-state index in [1.54, 1.807) is 13.8 Å². The minimum absolute atomic E-state index is 0.121. The average Bonchev–Trinajstić information content (AvgIpc) is 2.21. The minimum Gasteiger partial charge on any atom is -0.480 e. The van der Waals surface area contributed by atoms with Crippen LogP contribution in [0.25, 0.3) is 0 Å². The SMILES string of the molecule is CCN(CCO)C(=O)N(CC)CC(=O)O. The van der Waals surface area contributed by atoms with Crippen molar-refractivity contribution in [1.29, 1.82) is 0 Å². The van der Waals surface area contributed by atoms with E-state index < -0.39 is 5.97 Å². The molecule has 2 amide bonds. The molecule has 6 nitrogen and oxygen atoms in total. The van der Waals surface area contributed by atoms with Crippen LogP contribution in [0.1, 0.15) is 13.8 Å². The number of aliphatic carboxylic acids is 1. The Bertz CT molecular complexity index is 220. The Hall–Kier alpha value is -1.30. The lowest BCUT2D eigenvalue weighted by molar-refractivity contribution is -0.137. The fourth-order valence-electron chi connectivity index (χ4n) is 1.19. The van der Waals surface area contributed by atoms with Crippen LogP contribution in [-0.4, -0.2) is 64.8 Å². The van der Waals surface area contributed by atoms with Crippen molar-refractivity contribution in [3.8, 4) is 0 Å². The number of aliphatic hydroxyl groups is 1. The lowest BCUT2D eigenvalue weighted by Crippen LogP contribution is -2.46. The van der Waals surface area contributed by atoms with Gasteiger partial charge in [-0.1, -0.05) is 0 Å². The Morgan fingerprint density at radius 2 is 1.67 bits per heavy atom. The molecule has 0 saturated heterocycles. The maximum absolute atomic E-state index is 11.7. The highest BCUT2D eigenvalue weighted by Gasteiger charge is 2.19. The largest absolute Gasteiger partial charge is 0.480 e. The van der Waals surface area contributed by atoms with Gasteiger partial charge in [0.25, 0.3) is 0 Å². The Labute approximate surface area is 89.1 Å². The van der Waals surface area contributed by atoms with Crippen molar-refractivity contribution >= 4 is 12.0 Å². The second-order valence-electron chi connectivity index (χ2n) is 2.99. The zero-order valence-electron chi connectivity index (χ0n) is 9.14. The topological polar surface area (TPSA) is 81.1 Å². The number of hydrogen-bond donors (Lipinski definition) is 2. The summed E-state index contributed by atoms with van der Waals surface area (Å²) >= 11 is 0. The van der Waals surface area contributed by atoms with Crippen molar-refractivity contribution in [2.24, 2.45) is 0 Å². The monoisotopic (exact) mass is 218 g/mol. The third-order valence-electron chi connectivity index (χ3n) is 2.00. The zero-order chi connectivity index (χ0) is 11.8. The van der Waals surface area contributed by atoms with Gasteiger partial charge < -0.3 is 20.0 Å². The van der Waals surface area contributed by atoms with E-state index in [2.05, 4.69) is 0 Å². The molecule has 0 spiro atoms. The van der Waals surface area contributed by atoms with Gasteiger partial charge in [0.1, 0.15) is 6.54 Å². The first-order valence-corrected chi connectivity index (χ1v) is 4.93. The van der Waals surface area contributed by atoms with Gasteiger partial charge in [0.2, 0.25) is 0 Å². The fraction of sp³-hybridized carbons (Fsp3) is 0.778. The van der Waals surface area contributed by atoms with Gasteiger partial charge in [-0.25, -0.2) is 4.79 Å². The second-order valence-corrected chi connectivity index (χ2v) is 2.99. The molecule has 2 N–H and O–H groups in total. The minimum atomic E-state index is -1.04. The summed E-state index contributed by atoms with van der Waals surface area (Å²) in [5.74, 6) is -1.04. The molecule has 88 valence electrons. The van der Waals surface area contributed by atoms with Crippen LogP contribution in [0.2, 0.25) is 0 Å². The maximum Gasteiger partial charge on any atom is 0.323 e. The van der Waals surface area contributed by atoms with Gasteiger partial charge in [0.15, 0.2) is 0 Å². The van der Waals surface area contributed by atoms with Crippen molar-refractivity contribution in [3.05, 3.63) is 0 Å². The molecule has 0 rings (SSSR count). The third-order valence-corrected chi connectivity index (χ3v) is 2.00. The number of rotatable bonds is 6. The molecule has 0 aliphatic carbocycles. The van der Waals surface area contributed by atoms with Crippen LogP contribution >= 0.6 is 0 Å². The molecule has 0 bridgehead atoms. The van der Waals surface area contributed by atoms with Crippen molar-refractivity contribution in [2.75, 3.05) is 32.8 Å². The van der Waals surface area contributed by atoms with E-state index in [0.717, 1.165) is 0 Å². The van der Waals surface area contributed by atoms with Gasteiger partial charge in [-0.05, 0) is 13.8 Å². The van der Waals surface area contributed by atoms with Crippen LogP contribution in [0.3, 0.4) is 0 Å². The smallest absolute Gasteiger partial charge is 0.323 e. The van der Waals surface area contributed by atoms with Crippen molar-refractivity contribution in [1.82, 2.24) is 9.80 Å². The quantitative estimate of drug-likeness (QED) is 0.648. The zero-order valence-corrected chi connectivity index (χ0v) is 9.14. The van der Waals surface area contributed by atoms with E-state index in [4.69, 9.17) is 10.2 Å². The number of carboxylic acid groups (broad SMARTS) is 1. The second kappa shape index (κ2) is 7.05. The molecule has 0 heterocycles. The van der Waals surface area contributed by atoms with E-state index in [9.17, 15) is 9.59 Å². The normalized spacial score (nSPS) is 9.80. The Morgan fingerprint density at radius 3 is 2.00 bits per heavy atom. The molecule has 6 heteroatoms. The van der Waals surface area contributed by atoms with E-state index >= 15 is 0 Å². The van der Waals surface area contributed by atoms with Gasteiger partial charge in [0, 0.05) is 19.6 Å². The molecule has 0 radical (unpaired) electrons. The predicted molar refractivity (Wildman–Crippen MR) is 54.6 cm³/mol. The molecule has 0 aromatic heterocycles. The van der Waals surface area contributed by atoms with Gasteiger partial charge >= 0.3 is 12.0 Å². The van der Waals surface area contributed by atoms with Gasteiger partial charge in [-0.3, -0.25) is 4.79 Å². The maximum atomic E-state index is 11.7. The standard InChI is InChI=1S/C9H18N2O4/c1-3-10(5-6-12)9(15)11(4-2)7-8(13)14/h12H,3-7H2,1-2H3,(H,13,14). The van der Waals surface area contributed by atoms with Crippen molar-refractivity contribution in [2.45, 2.75) is 13.8 Å². The molecular formula is C9H18N2O4. The molecule has 0 aliphatic heterocycles. The van der Waals surface area contributed by atoms with Crippen LogP contribution < -0.4 is 0 Å². The fourth-order valence-corrected chi connectivity index (χ4v) is 1.19. The summed E-state index contributed by atoms with van der Waals surface area (Å²) in [5, 5.41) is 17.3. The lowest BCUT2D eigenvalue weighted by atomic mass is 10.4. The van der Waals surface area contributed by atoms with Crippen molar-refractivity contribution < 1.29 is 19.8 Å². The van der Waals surface area contributed by atoms with Gasteiger partial charge in [-0.2, -0.15) is 0 Å². The summed E-state index contributed by atoms with van der Waals surface area (Å²) < 4.78 is 0. The summed E-state index contributed by atoms with van der Waals surface area (Å²) in [6.07, 6.45) is 0. The summed E-state index contributed by atoms with van der Waals surface area (Å²) in [6, 6.07) is -0.351. The molecule has 0 aromatic rings. The van der Waals surface area contributed by atoms with Gasteiger partial charge in [0.05, 0.1) is 6.61 Å². The van der Waals surface area contributed by atoms with Crippen LogP contribution in [0.4, 0.5) is 4.79 Å². The lowest BCUT2D eigenvalue weighted by Gasteiger charge is -2.27. The summed E-state index contributed by atoms with van der Waals surface area (Å²) in [5.41, 5.74) is 0. The van der Waals surface area contributed by atoms with E-state index in [1.165, 1.54) is 9.80 Å². The number of nitrogens with zero attached hydrogens (tertiary/aromatic N) is 2. The van der Waals surface area contributed by atoms with Crippen LogP contribution in [-0.2, 0) is 4.79 Å². The Kier molecular flexibility index (Phi) is 6.44. The Morgan fingerprint density at radius 1 is 1.13 bits per heavy atom. The van der Waals surface area contributed by atoms with Crippen LogP contribution in [0.5, 0.6) is 0 Å². The molecule has 0 aromatic carbocycles. The molecule has 0 aliphatic rings. The molecule has 15 heavy (non-hydrogen) atoms. The number of hydrogen-bond acceptors (Lipinski definition) is 3. The first kappa shape index (κ1) is 13.7. The van der Waals surface area contributed by atoms with E-state index in [1.807, 2.05) is 0 Å². The molecule has 0 unspecified atom stereocenters. The van der Waals surface area contributed by atoms with E-state index in [-0.39, 0.29) is 25.7 Å². The van der Waals surface area contributed by atoms with Crippen LogP contribution in [0.15, 0.2) is 0 Å². The highest BCUT2D eigenvalue weighted by atomic mass is 16.4. The number of carbonyl (C=O) groups excluding carboxylic acids is 1. The molecular weight excluding hydrogens is 200 g/mol. The van der Waals surface area contributed by atoms with Crippen molar-refractivity contribution in [3.63, 3.8) is 0 Å². The summed E-state index contributed by atoms with van der Waals surface area (Å²) in [4.78, 5) is 24.8. The van der Waals surface area contributed by atoms with E-state index in [0.29, 0.717) is 13.1 Å². The number of amides is 2. The summed E-state index contributed by atoms with van der Waals surface area (Å²) in [6.45, 7) is 4.09. The molecule has 0 fully saturated rings. The first-order valence-electron chi connectivity index (χ1n) is 4.93. The Balaban J connectivity index is 4.39. The summed E-state index contributed by atoms with van der Waals surface area (Å²) in [7, 11) is 0. The number of urea groups is 1. The predicted octanol–water partition coefficient (Wildman–Crippen LogP) is -0.173. The molecule has 0 saturated carbocycles. The van der Waals surface area contributed by atoms with Gasteiger partial charge in [-0.15, -0.1) is 0 Å². The molecule has 0 atom stereocenters. The van der Waals surface area contributed by atoms with Crippen LogP contribution in [0, 0.1) is 0 Å². The highest BCUT2D eigenvalue weighted by molar-refractivity contribution is 5.80.